The van der Waals surface area contributed by atoms with Crippen LogP contribution in [0, 0.1) is 0 Å². The van der Waals surface area contributed by atoms with Gasteiger partial charge >= 0.3 is 0 Å². The first kappa shape index (κ1) is 12.9. The quantitative estimate of drug-likeness (QED) is 0.829. The van der Waals surface area contributed by atoms with Crippen LogP contribution in [0.5, 0.6) is 0 Å². The van der Waals surface area contributed by atoms with Gasteiger partial charge < -0.3 is 0 Å². The number of nitrogens with zero attached hydrogens (tertiary/aromatic N) is 1. The van der Waals surface area contributed by atoms with Gasteiger partial charge in [-0.25, -0.2) is 0 Å². The second-order valence-corrected chi connectivity index (χ2v) is 6.05. The number of carbonyl (C=O) groups is 1. The molecule has 1 fully saturated rings. The molecule has 1 aliphatic carbocycles. The van der Waals surface area contributed by atoms with Crippen LogP contribution in [0.15, 0.2) is 18.2 Å². The Balaban J connectivity index is 1.74. The number of hydrogen-bond acceptors (Lipinski definition) is 2. The van der Waals surface area contributed by atoms with Crippen LogP contribution in [-0.2, 0) is 24.2 Å². The van der Waals surface area contributed by atoms with Gasteiger partial charge in [-0.3, -0.25) is 9.69 Å². The number of fused-ring (bicyclic) bond motifs is 1. The number of piperidine rings is 1. The fourth-order valence-electron chi connectivity index (χ4n) is 3.60. The Morgan fingerprint density at radius 1 is 1.21 bits per heavy atom. The molecule has 0 saturated carbocycles. The lowest BCUT2D eigenvalue weighted by molar-refractivity contribution is -0.123. The molecule has 0 aromatic heterocycles. The van der Waals surface area contributed by atoms with Gasteiger partial charge in [-0.05, 0) is 62.3 Å². The van der Waals surface area contributed by atoms with E-state index in [0.29, 0.717) is 5.78 Å². The third-order valence-corrected chi connectivity index (χ3v) is 4.63. The molecule has 0 spiro atoms. The summed E-state index contributed by atoms with van der Waals surface area (Å²) in [6.07, 6.45) is 7.26. The Bertz CT molecular complexity index is 480. The van der Waals surface area contributed by atoms with Crippen molar-refractivity contribution >= 4 is 5.78 Å². The zero-order valence-corrected chi connectivity index (χ0v) is 11.8. The maximum absolute atomic E-state index is 11.7. The summed E-state index contributed by atoms with van der Waals surface area (Å²) < 4.78 is 0. The topological polar surface area (TPSA) is 20.3 Å². The van der Waals surface area contributed by atoms with E-state index in [9.17, 15) is 4.79 Å². The lowest BCUT2D eigenvalue weighted by atomic mass is 9.97. The lowest BCUT2D eigenvalue weighted by Crippen LogP contribution is -2.43. The molecule has 1 aliphatic heterocycles. The monoisotopic (exact) mass is 257 g/mol. The Morgan fingerprint density at radius 2 is 2.05 bits per heavy atom. The molecule has 2 aliphatic rings. The summed E-state index contributed by atoms with van der Waals surface area (Å²) in [5.41, 5.74) is 4.45. The summed E-state index contributed by atoms with van der Waals surface area (Å²) in [4.78, 5) is 14.1. The van der Waals surface area contributed by atoms with Gasteiger partial charge in [-0.15, -0.1) is 0 Å². The molecular formula is C17H23NO. The Labute approximate surface area is 115 Å². The Kier molecular flexibility index (Phi) is 3.69. The van der Waals surface area contributed by atoms with Gasteiger partial charge in [-0.1, -0.05) is 24.6 Å². The highest BCUT2D eigenvalue weighted by atomic mass is 16.1. The number of carbonyl (C=O) groups excluding carboxylic acids is 1. The highest BCUT2D eigenvalue weighted by Gasteiger charge is 2.26. The van der Waals surface area contributed by atoms with E-state index in [4.69, 9.17) is 0 Å². The summed E-state index contributed by atoms with van der Waals surface area (Å²) in [5, 5.41) is 0. The van der Waals surface area contributed by atoms with Gasteiger partial charge in [0.2, 0.25) is 0 Å². The first-order valence-corrected chi connectivity index (χ1v) is 7.59. The summed E-state index contributed by atoms with van der Waals surface area (Å²) in [6, 6.07) is 7.08. The molecule has 1 saturated heterocycles. The fraction of sp³-hybridized carbons (Fsp3) is 0.588. The number of hydrogen-bond donors (Lipinski definition) is 0. The number of likely N-dealkylation sites (tertiary alicyclic amines) is 1. The van der Waals surface area contributed by atoms with Gasteiger partial charge in [0.05, 0.1) is 6.04 Å². The highest BCUT2D eigenvalue weighted by molar-refractivity contribution is 5.81. The largest absolute Gasteiger partial charge is 0.298 e. The molecule has 19 heavy (non-hydrogen) atoms. The van der Waals surface area contributed by atoms with Crippen molar-refractivity contribution in [2.45, 2.75) is 58.0 Å². The van der Waals surface area contributed by atoms with Crippen molar-refractivity contribution in [3.05, 3.63) is 34.9 Å². The maximum Gasteiger partial charge on any atom is 0.146 e. The van der Waals surface area contributed by atoms with Gasteiger partial charge in [-0.2, -0.15) is 0 Å². The molecule has 1 aromatic carbocycles. The van der Waals surface area contributed by atoms with E-state index in [2.05, 4.69) is 23.1 Å². The molecule has 3 rings (SSSR count). The van der Waals surface area contributed by atoms with Crippen molar-refractivity contribution in [2.24, 2.45) is 0 Å². The van der Waals surface area contributed by atoms with Crippen LogP contribution in [0.1, 0.15) is 49.3 Å². The van der Waals surface area contributed by atoms with E-state index in [-0.39, 0.29) is 6.04 Å². The second-order valence-electron chi connectivity index (χ2n) is 6.05. The number of benzene rings is 1. The normalized spacial score (nSPS) is 23.3. The molecule has 102 valence electrons. The van der Waals surface area contributed by atoms with Crippen molar-refractivity contribution in [1.82, 2.24) is 4.90 Å². The number of ketones is 1. The minimum absolute atomic E-state index is 0.155. The molecule has 0 N–H and O–H groups in total. The standard InChI is InChI=1S/C17H23NO/c1-13(19)17-7-2-3-10-18(17)12-14-8-9-15-5-4-6-16(15)11-14/h8-9,11,17H,2-7,10,12H2,1H3. The van der Waals surface area contributed by atoms with Gasteiger partial charge in [0.25, 0.3) is 0 Å². The molecule has 0 amide bonds. The first-order chi connectivity index (χ1) is 9.24. The molecule has 0 bridgehead atoms. The molecular weight excluding hydrogens is 234 g/mol. The first-order valence-electron chi connectivity index (χ1n) is 7.59. The zero-order valence-electron chi connectivity index (χ0n) is 11.8. The number of aryl methyl sites for hydroxylation is 2. The van der Waals surface area contributed by atoms with Crippen LogP contribution < -0.4 is 0 Å². The van der Waals surface area contributed by atoms with Crippen LogP contribution in [0.4, 0.5) is 0 Å². The van der Waals surface area contributed by atoms with Crippen molar-refractivity contribution in [3.63, 3.8) is 0 Å². The fourth-order valence-corrected chi connectivity index (χ4v) is 3.60. The van der Waals surface area contributed by atoms with E-state index in [0.717, 1.165) is 19.5 Å². The van der Waals surface area contributed by atoms with E-state index < -0.39 is 0 Å². The van der Waals surface area contributed by atoms with Crippen LogP contribution in [0.25, 0.3) is 0 Å². The molecule has 0 radical (unpaired) electrons. The predicted molar refractivity (Wildman–Crippen MR) is 77.2 cm³/mol. The van der Waals surface area contributed by atoms with Crippen LogP contribution in [0.2, 0.25) is 0 Å². The zero-order chi connectivity index (χ0) is 13.2. The lowest BCUT2D eigenvalue weighted by Gasteiger charge is -2.34. The van der Waals surface area contributed by atoms with Crippen LogP contribution in [-0.4, -0.2) is 23.3 Å². The van der Waals surface area contributed by atoms with Gasteiger partial charge in [0, 0.05) is 6.54 Å². The van der Waals surface area contributed by atoms with Crippen molar-refractivity contribution < 1.29 is 4.79 Å². The molecule has 1 unspecified atom stereocenters. The number of rotatable bonds is 3. The molecule has 2 heteroatoms. The van der Waals surface area contributed by atoms with E-state index in [1.807, 2.05) is 0 Å². The Hall–Kier alpha value is -1.15. The third kappa shape index (κ3) is 2.74. The third-order valence-electron chi connectivity index (χ3n) is 4.63. The van der Waals surface area contributed by atoms with Gasteiger partial charge in [0.15, 0.2) is 0 Å². The molecule has 1 atom stereocenters. The van der Waals surface area contributed by atoms with E-state index in [1.165, 1.54) is 48.8 Å². The average Bonchev–Trinajstić information content (AvgIpc) is 2.86. The van der Waals surface area contributed by atoms with E-state index in [1.54, 1.807) is 6.92 Å². The summed E-state index contributed by atoms with van der Waals surface area (Å²) >= 11 is 0. The van der Waals surface area contributed by atoms with Crippen molar-refractivity contribution in [1.29, 1.82) is 0 Å². The Morgan fingerprint density at radius 3 is 2.89 bits per heavy atom. The molecule has 1 aromatic rings. The molecule has 1 heterocycles. The smallest absolute Gasteiger partial charge is 0.146 e. The summed E-state index contributed by atoms with van der Waals surface area (Å²) in [6.45, 7) is 3.75. The number of Topliss-reactive ketones (excluding diaryl/α,β-unsaturated/α-hetero) is 1. The summed E-state index contributed by atoms with van der Waals surface area (Å²) in [5.74, 6) is 0.334. The average molecular weight is 257 g/mol. The van der Waals surface area contributed by atoms with Crippen molar-refractivity contribution in [3.8, 4) is 0 Å². The van der Waals surface area contributed by atoms with Crippen molar-refractivity contribution in [2.75, 3.05) is 6.54 Å². The van der Waals surface area contributed by atoms with Crippen LogP contribution >= 0.6 is 0 Å². The predicted octanol–water partition coefficient (Wildman–Crippen LogP) is 3.12. The second kappa shape index (κ2) is 5.46. The maximum atomic E-state index is 11.7. The summed E-state index contributed by atoms with van der Waals surface area (Å²) in [7, 11) is 0. The van der Waals surface area contributed by atoms with Crippen LogP contribution in [0.3, 0.4) is 0 Å². The molecule has 2 nitrogen and oxygen atoms in total. The van der Waals surface area contributed by atoms with E-state index >= 15 is 0 Å². The SMILES string of the molecule is CC(=O)C1CCCCN1Cc1ccc2c(c1)CCC2. The minimum atomic E-state index is 0.155. The minimum Gasteiger partial charge on any atom is -0.298 e. The van der Waals surface area contributed by atoms with Gasteiger partial charge in [0.1, 0.15) is 5.78 Å². The highest BCUT2D eigenvalue weighted by Crippen LogP contribution is 2.25.